The lowest BCUT2D eigenvalue weighted by Crippen LogP contribution is -2.61. The van der Waals surface area contributed by atoms with Gasteiger partial charge in [-0.15, -0.1) is 0 Å². The van der Waals surface area contributed by atoms with Crippen molar-refractivity contribution in [1.82, 2.24) is 9.47 Å². The third kappa shape index (κ3) is 4.06. The van der Waals surface area contributed by atoms with Crippen LogP contribution < -0.4 is 10.5 Å². The molecule has 4 atom stereocenters. The van der Waals surface area contributed by atoms with E-state index in [4.69, 9.17) is 4.74 Å². The summed E-state index contributed by atoms with van der Waals surface area (Å²) < 4.78 is 7.05. The van der Waals surface area contributed by atoms with Gasteiger partial charge in [0.05, 0.1) is 23.4 Å². The molecule has 1 amide bonds. The van der Waals surface area contributed by atoms with Gasteiger partial charge in [0.2, 0.25) is 5.91 Å². The molecular formula is C28H32N4O6. The van der Waals surface area contributed by atoms with Crippen molar-refractivity contribution >= 4 is 23.3 Å². The molecule has 5 heterocycles. The molecule has 4 aliphatic rings. The molecule has 200 valence electrons. The van der Waals surface area contributed by atoms with E-state index in [1.54, 1.807) is 31.2 Å². The highest BCUT2D eigenvalue weighted by molar-refractivity contribution is 5.83. The van der Waals surface area contributed by atoms with Crippen LogP contribution in [0.2, 0.25) is 0 Å². The fraction of sp³-hybridized carbons (Fsp3) is 0.536. The lowest BCUT2D eigenvalue weighted by molar-refractivity contribution is -0.384. The summed E-state index contributed by atoms with van der Waals surface area (Å²) in [5.74, 6) is -0.483. The summed E-state index contributed by atoms with van der Waals surface area (Å²) in [7, 11) is 0. The largest absolute Gasteiger partial charge is 0.466 e. The van der Waals surface area contributed by atoms with Crippen molar-refractivity contribution in [3.05, 3.63) is 68.1 Å². The zero-order valence-corrected chi connectivity index (χ0v) is 21.5. The van der Waals surface area contributed by atoms with Gasteiger partial charge in [-0.2, -0.15) is 0 Å². The number of esters is 1. The molecule has 2 saturated heterocycles. The number of aromatic nitrogens is 1. The van der Waals surface area contributed by atoms with E-state index in [0.717, 1.165) is 23.4 Å². The monoisotopic (exact) mass is 520 g/mol. The van der Waals surface area contributed by atoms with Gasteiger partial charge in [0, 0.05) is 67.7 Å². The Morgan fingerprint density at radius 1 is 1.13 bits per heavy atom. The van der Waals surface area contributed by atoms with Crippen LogP contribution in [0.15, 0.2) is 41.2 Å². The molecule has 0 saturated carbocycles. The highest BCUT2D eigenvalue weighted by atomic mass is 16.6. The van der Waals surface area contributed by atoms with E-state index in [1.165, 1.54) is 0 Å². The van der Waals surface area contributed by atoms with E-state index < -0.39 is 4.92 Å². The Morgan fingerprint density at radius 3 is 2.66 bits per heavy atom. The minimum atomic E-state index is -0.392. The second kappa shape index (κ2) is 9.56. The molecular weight excluding hydrogens is 488 g/mol. The second-order valence-corrected chi connectivity index (χ2v) is 11.0. The van der Waals surface area contributed by atoms with Crippen LogP contribution in [-0.4, -0.2) is 58.5 Å². The molecule has 4 aliphatic heterocycles. The number of nitro benzene ring substituents is 1. The van der Waals surface area contributed by atoms with Gasteiger partial charge >= 0.3 is 5.97 Å². The Morgan fingerprint density at radius 2 is 1.92 bits per heavy atom. The summed E-state index contributed by atoms with van der Waals surface area (Å²) in [5, 5.41) is 11.5. The fourth-order valence-electron chi connectivity index (χ4n) is 7.27. The highest BCUT2D eigenvalue weighted by Gasteiger charge is 2.50. The Balaban J connectivity index is 1.33. The number of benzene rings is 1. The summed E-state index contributed by atoms with van der Waals surface area (Å²) in [5.41, 5.74) is 2.80. The molecule has 1 aromatic heterocycles. The number of anilines is 1. The Hall–Kier alpha value is -3.69. The number of ether oxygens (including phenoxy) is 1. The molecule has 0 radical (unpaired) electrons. The summed E-state index contributed by atoms with van der Waals surface area (Å²) in [6, 6.07) is 10.3. The molecule has 0 spiro atoms. The number of pyridine rings is 1. The van der Waals surface area contributed by atoms with Crippen molar-refractivity contribution in [3.63, 3.8) is 0 Å². The number of nitro groups is 1. The fourth-order valence-corrected chi connectivity index (χ4v) is 7.27. The minimum Gasteiger partial charge on any atom is -0.466 e. The number of nitrogens with zero attached hydrogens (tertiary/aromatic N) is 4. The number of likely N-dealkylation sites (tertiary alicyclic amines) is 1. The zero-order valence-electron chi connectivity index (χ0n) is 21.5. The maximum absolute atomic E-state index is 14.1. The lowest BCUT2D eigenvalue weighted by Gasteiger charge is -2.54. The van der Waals surface area contributed by atoms with E-state index in [0.29, 0.717) is 52.0 Å². The van der Waals surface area contributed by atoms with Crippen LogP contribution in [0.5, 0.6) is 0 Å². The summed E-state index contributed by atoms with van der Waals surface area (Å²) in [4.78, 5) is 54.3. The quantitative estimate of drug-likeness (QED) is 0.346. The summed E-state index contributed by atoms with van der Waals surface area (Å²) in [6.07, 6.45) is 2.47. The van der Waals surface area contributed by atoms with Gasteiger partial charge in [0.15, 0.2) is 0 Å². The Kier molecular flexibility index (Phi) is 6.20. The van der Waals surface area contributed by atoms with E-state index in [2.05, 4.69) is 4.90 Å². The van der Waals surface area contributed by atoms with Crippen molar-refractivity contribution in [1.29, 1.82) is 0 Å². The molecule has 2 bridgehead atoms. The zero-order chi connectivity index (χ0) is 26.6. The van der Waals surface area contributed by atoms with Gasteiger partial charge in [-0.3, -0.25) is 24.5 Å². The number of amides is 1. The van der Waals surface area contributed by atoms with Gasteiger partial charge in [0.1, 0.15) is 0 Å². The van der Waals surface area contributed by atoms with Crippen LogP contribution in [0.4, 0.5) is 11.4 Å². The number of carbonyl (C=O) groups is 2. The number of piperidine rings is 2. The van der Waals surface area contributed by atoms with Crippen LogP contribution >= 0.6 is 0 Å². The topological polar surface area (TPSA) is 115 Å². The third-order valence-electron chi connectivity index (χ3n) is 8.95. The van der Waals surface area contributed by atoms with E-state index in [-0.39, 0.29) is 52.8 Å². The maximum Gasteiger partial charge on any atom is 0.309 e. The van der Waals surface area contributed by atoms with Gasteiger partial charge in [-0.05, 0) is 56.2 Å². The molecule has 0 N–H and O–H groups in total. The van der Waals surface area contributed by atoms with Crippen LogP contribution in [-0.2, 0) is 27.3 Å². The van der Waals surface area contributed by atoms with Crippen molar-refractivity contribution in [2.24, 2.45) is 17.8 Å². The maximum atomic E-state index is 14.1. The van der Waals surface area contributed by atoms with Crippen molar-refractivity contribution in [2.45, 2.75) is 51.1 Å². The highest BCUT2D eigenvalue weighted by Crippen LogP contribution is 2.48. The van der Waals surface area contributed by atoms with Crippen molar-refractivity contribution in [2.75, 3.05) is 31.1 Å². The average Bonchev–Trinajstić information content (AvgIpc) is 2.92. The van der Waals surface area contributed by atoms with E-state index in [9.17, 15) is 24.5 Å². The second-order valence-electron chi connectivity index (χ2n) is 11.0. The number of fused-ring (bicyclic) bond motifs is 8. The molecule has 1 aromatic carbocycles. The number of hydrogen-bond acceptors (Lipinski definition) is 7. The average molecular weight is 521 g/mol. The Bertz CT molecular complexity index is 1350. The van der Waals surface area contributed by atoms with Crippen LogP contribution in [0.3, 0.4) is 0 Å². The molecule has 10 nitrogen and oxygen atoms in total. The smallest absolute Gasteiger partial charge is 0.309 e. The molecule has 2 fully saturated rings. The predicted molar refractivity (Wildman–Crippen MR) is 139 cm³/mol. The van der Waals surface area contributed by atoms with Gasteiger partial charge in [-0.25, -0.2) is 0 Å². The van der Waals surface area contributed by atoms with Gasteiger partial charge in [-0.1, -0.05) is 6.07 Å². The van der Waals surface area contributed by atoms with Crippen LogP contribution in [0.25, 0.3) is 0 Å². The van der Waals surface area contributed by atoms with Gasteiger partial charge in [0.25, 0.3) is 11.2 Å². The third-order valence-corrected chi connectivity index (χ3v) is 8.95. The number of hydrogen-bond donors (Lipinski definition) is 0. The standard InChI is InChI=1S/C28H32N4O6/c1-2-38-28(35)17-8-10-29(11-9-17)27(34)22-14-18-13-21(32(36)37)6-7-24(18)31-15-19-12-20(26(22)31)16-30-23(19)4-3-5-25(30)33/h3-7,13,17,19-20,22,26H,2,8-12,14-16H2,1H3/t19?,20?,22-,26+/m1/s1. The molecule has 38 heavy (non-hydrogen) atoms. The van der Waals surface area contributed by atoms with Crippen LogP contribution in [0.1, 0.15) is 43.4 Å². The first-order valence-corrected chi connectivity index (χ1v) is 13.5. The van der Waals surface area contributed by atoms with Crippen LogP contribution in [0, 0.1) is 27.9 Å². The summed E-state index contributed by atoms with van der Waals surface area (Å²) in [6.45, 7) is 4.33. The first-order chi connectivity index (χ1) is 18.4. The minimum absolute atomic E-state index is 0.0126. The van der Waals surface area contributed by atoms with Crippen molar-refractivity contribution < 1.29 is 19.2 Å². The molecule has 10 heteroatoms. The predicted octanol–water partition coefficient (Wildman–Crippen LogP) is 2.72. The molecule has 0 aliphatic carbocycles. The van der Waals surface area contributed by atoms with E-state index in [1.807, 2.05) is 21.6 Å². The van der Waals surface area contributed by atoms with Gasteiger partial charge < -0.3 is 19.1 Å². The number of carbonyl (C=O) groups excluding carboxylic acids is 2. The number of rotatable bonds is 4. The van der Waals surface area contributed by atoms with E-state index >= 15 is 0 Å². The SMILES string of the molecule is CCOC(=O)C1CCN(C(=O)[C@@H]2Cc3cc([N+](=O)[O-])ccc3N3CC4CC(Cn5c4cccc5=O)[C@@H]23)CC1. The lowest BCUT2D eigenvalue weighted by atomic mass is 9.69. The normalized spacial score (nSPS) is 26.1. The molecule has 2 unspecified atom stereocenters. The number of non-ortho nitro benzene ring substituents is 1. The molecule has 6 rings (SSSR count). The van der Waals surface area contributed by atoms with Crippen molar-refractivity contribution in [3.8, 4) is 0 Å². The molecule has 2 aromatic rings. The summed E-state index contributed by atoms with van der Waals surface area (Å²) >= 11 is 0. The Labute approximate surface area is 220 Å². The first-order valence-electron chi connectivity index (χ1n) is 13.5. The first kappa shape index (κ1) is 24.6.